The van der Waals surface area contributed by atoms with Crippen molar-refractivity contribution in [2.75, 3.05) is 0 Å². The highest BCUT2D eigenvalue weighted by molar-refractivity contribution is 7.89. The second kappa shape index (κ2) is 12.0. The number of carbonyl (C=O) groups is 2. The lowest BCUT2D eigenvalue weighted by Gasteiger charge is -2.32. The largest absolute Gasteiger partial charge is 0.481 e. The van der Waals surface area contributed by atoms with Crippen LogP contribution in [0, 0.1) is 11.8 Å². The zero-order chi connectivity index (χ0) is 29.4. The maximum Gasteiger partial charge on any atom is 0.306 e. The van der Waals surface area contributed by atoms with E-state index in [9.17, 15) is 26.8 Å². The smallest absolute Gasteiger partial charge is 0.306 e. The Balaban J connectivity index is 1.73. The maximum atomic E-state index is 14.5. The number of nitrogens with one attached hydrogen (secondary N) is 2. The van der Waals surface area contributed by atoms with Crippen LogP contribution in [0.4, 0.5) is 8.78 Å². The SMILES string of the molecule is CC(C)(C)NS(=O)(=O)c1ccc(-c2sc(C(=O)N[C@H]3C[C@H](C(=O)O)C3)nc2CC2CCCCC2)c(C(F)F)c1Cl. The summed E-state index contributed by atoms with van der Waals surface area (Å²) in [5, 5.41) is 11.4. The minimum Gasteiger partial charge on any atom is -0.481 e. The molecule has 2 aliphatic carbocycles. The van der Waals surface area contributed by atoms with E-state index >= 15 is 0 Å². The summed E-state index contributed by atoms with van der Waals surface area (Å²) in [4.78, 5) is 28.6. The zero-order valence-electron chi connectivity index (χ0n) is 22.6. The monoisotopic (exact) mass is 617 g/mol. The van der Waals surface area contributed by atoms with E-state index in [0.717, 1.165) is 43.4 Å². The van der Waals surface area contributed by atoms with Crippen molar-refractivity contribution < 1.29 is 31.9 Å². The van der Waals surface area contributed by atoms with Gasteiger partial charge in [0.05, 0.1) is 21.5 Å². The number of hydrogen-bond acceptors (Lipinski definition) is 6. The first-order valence-electron chi connectivity index (χ1n) is 13.3. The fourth-order valence-electron chi connectivity index (χ4n) is 5.30. The van der Waals surface area contributed by atoms with E-state index in [-0.39, 0.29) is 22.5 Å². The Hall–Kier alpha value is -2.15. The summed E-state index contributed by atoms with van der Waals surface area (Å²) in [7, 11) is -4.20. The summed E-state index contributed by atoms with van der Waals surface area (Å²) >= 11 is 7.34. The van der Waals surface area contributed by atoms with Crippen LogP contribution in [-0.2, 0) is 21.2 Å². The Labute approximate surface area is 242 Å². The lowest BCUT2D eigenvalue weighted by Crippen LogP contribution is -2.46. The molecule has 0 aliphatic heterocycles. The van der Waals surface area contributed by atoms with Crippen LogP contribution in [-0.4, -0.2) is 42.0 Å². The van der Waals surface area contributed by atoms with Gasteiger partial charge in [-0.05, 0) is 52.0 Å². The van der Waals surface area contributed by atoms with Gasteiger partial charge in [0.2, 0.25) is 10.0 Å². The Morgan fingerprint density at radius 3 is 2.40 bits per heavy atom. The third kappa shape index (κ3) is 7.00. The zero-order valence-corrected chi connectivity index (χ0v) is 25.0. The highest BCUT2D eigenvalue weighted by atomic mass is 35.5. The van der Waals surface area contributed by atoms with Crippen LogP contribution in [0.3, 0.4) is 0 Å². The van der Waals surface area contributed by atoms with Gasteiger partial charge in [-0.3, -0.25) is 9.59 Å². The lowest BCUT2D eigenvalue weighted by molar-refractivity contribution is -0.145. The van der Waals surface area contributed by atoms with E-state index in [0.29, 0.717) is 29.8 Å². The summed E-state index contributed by atoms with van der Waals surface area (Å²) in [5.74, 6) is -1.61. The highest BCUT2D eigenvalue weighted by Gasteiger charge is 2.36. The molecular weight excluding hydrogens is 584 g/mol. The van der Waals surface area contributed by atoms with Crippen LogP contribution in [0.15, 0.2) is 17.0 Å². The Morgan fingerprint density at radius 1 is 1.18 bits per heavy atom. The van der Waals surface area contributed by atoms with Crippen LogP contribution in [0.1, 0.15) is 93.2 Å². The number of rotatable bonds is 9. The number of aliphatic carboxylic acids is 1. The molecule has 1 aromatic heterocycles. The molecule has 2 saturated carbocycles. The average molecular weight is 618 g/mol. The van der Waals surface area contributed by atoms with Crippen molar-refractivity contribution in [1.82, 2.24) is 15.0 Å². The quantitative estimate of drug-likeness (QED) is 0.308. The van der Waals surface area contributed by atoms with Crippen LogP contribution < -0.4 is 10.0 Å². The normalized spacial score (nSPS) is 20.4. The van der Waals surface area contributed by atoms with Gasteiger partial charge in [0.1, 0.15) is 4.90 Å². The molecule has 3 N–H and O–H groups in total. The van der Waals surface area contributed by atoms with Crippen LogP contribution in [0.5, 0.6) is 0 Å². The first kappa shape index (κ1) is 30.8. The first-order valence-corrected chi connectivity index (χ1v) is 16.0. The van der Waals surface area contributed by atoms with Gasteiger partial charge in [0.25, 0.3) is 12.3 Å². The average Bonchev–Trinajstić information content (AvgIpc) is 3.22. The molecule has 220 valence electrons. The second-order valence-corrected chi connectivity index (χ2v) is 14.7. The van der Waals surface area contributed by atoms with Crippen LogP contribution in [0.2, 0.25) is 5.02 Å². The molecule has 1 aromatic carbocycles. The maximum absolute atomic E-state index is 14.5. The molecule has 4 rings (SSSR count). The van der Waals surface area contributed by atoms with Crippen molar-refractivity contribution in [3.8, 4) is 10.4 Å². The molecule has 1 heterocycles. The number of alkyl halides is 2. The minimum absolute atomic E-state index is 0.0478. The topological polar surface area (TPSA) is 125 Å². The molecular formula is C27H34ClF2N3O5S2. The van der Waals surface area contributed by atoms with Crippen molar-refractivity contribution in [2.45, 2.75) is 95.0 Å². The van der Waals surface area contributed by atoms with Crippen molar-refractivity contribution in [3.05, 3.63) is 33.4 Å². The van der Waals surface area contributed by atoms with E-state index in [4.69, 9.17) is 16.7 Å². The number of carboxylic acids is 1. The van der Waals surface area contributed by atoms with Crippen molar-refractivity contribution in [3.63, 3.8) is 0 Å². The number of nitrogens with zero attached hydrogens (tertiary/aromatic N) is 1. The first-order chi connectivity index (χ1) is 18.7. The van der Waals surface area contributed by atoms with Crippen molar-refractivity contribution in [1.29, 1.82) is 0 Å². The molecule has 0 radical (unpaired) electrons. The number of hydrogen-bond donors (Lipinski definition) is 3. The number of carboxylic acid groups (broad SMARTS) is 1. The fourth-order valence-corrected chi connectivity index (χ4v) is 8.39. The molecule has 0 unspecified atom stereocenters. The number of sulfonamides is 1. The fraction of sp³-hybridized carbons (Fsp3) is 0.593. The molecule has 2 aromatic rings. The predicted molar refractivity (Wildman–Crippen MR) is 149 cm³/mol. The summed E-state index contributed by atoms with van der Waals surface area (Å²) in [5.41, 5.74) is -0.932. The van der Waals surface area contributed by atoms with Crippen molar-refractivity contribution >= 4 is 44.8 Å². The third-order valence-electron chi connectivity index (χ3n) is 7.26. The molecule has 1 amide bonds. The van der Waals surface area contributed by atoms with Crippen molar-refractivity contribution in [2.24, 2.45) is 11.8 Å². The number of carbonyl (C=O) groups excluding carboxylic acids is 1. The second-order valence-electron chi connectivity index (χ2n) is 11.7. The summed E-state index contributed by atoms with van der Waals surface area (Å²) < 4.78 is 57.4. The standard InChI is InChI=1S/C27H34ClF2N3O5S2/c1-27(2,3)33-40(37,38)19-10-9-17(20(21(19)28)23(29)30)22-18(11-14-7-5-4-6-8-14)32-25(39-22)24(34)31-16-12-15(13-16)26(35)36/h9-10,14-16,23,33H,4-8,11-13H2,1-3H3,(H,31,34)(H,35,36)/t15-,16-. The van der Waals surface area contributed by atoms with Gasteiger partial charge in [-0.2, -0.15) is 0 Å². The lowest BCUT2D eigenvalue weighted by atomic mass is 9.80. The van der Waals surface area contributed by atoms with Gasteiger partial charge in [-0.1, -0.05) is 49.8 Å². The highest BCUT2D eigenvalue weighted by Crippen LogP contribution is 2.44. The molecule has 40 heavy (non-hydrogen) atoms. The Morgan fingerprint density at radius 2 is 1.82 bits per heavy atom. The molecule has 2 aliphatic rings. The molecule has 2 fully saturated rings. The summed E-state index contributed by atoms with van der Waals surface area (Å²) in [6, 6.07) is 2.23. The number of halogens is 3. The Bertz CT molecular complexity index is 1380. The molecule has 0 spiro atoms. The minimum atomic E-state index is -4.20. The molecule has 0 saturated heterocycles. The van der Waals surface area contributed by atoms with E-state index in [1.165, 1.54) is 12.1 Å². The van der Waals surface area contributed by atoms with Gasteiger partial charge in [0.15, 0.2) is 5.01 Å². The number of benzene rings is 1. The van der Waals surface area contributed by atoms with Gasteiger partial charge in [-0.25, -0.2) is 26.9 Å². The van der Waals surface area contributed by atoms with E-state index < -0.39 is 55.3 Å². The summed E-state index contributed by atoms with van der Waals surface area (Å²) in [6.45, 7) is 4.90. The van der Waals surface area contributed by atoms with Gasteiger partial charge in [-0.15, -0.1) is 11.3 Å². The predicted octanol–water partition coefficient (Wildman–Crippen LogP) is 6.19. The molecule has 13 heteroatoms. The van der Waals surface area contributed by atoms with Crippen LogP contribution in [0.25, 0.3) is 10.4 Å². The van der Waals surface area contributed by atoms with Gasteiger partial charge < -0.3 is 10.4 Å². The number of amides is 1. The number of thiazole rings is 1. The third-order valence-corrected chi connectivity index (χ3v) is 10.7. The molecule has 0 atom stereocenters. The molecule has 8 nitrogen and oxygen atoms in total. The van der Waals surface area contributed by atoms with E-state index in [1.54, 1.807) is 20.8 Å². The van der Waals surface area contributed by atoms with E-state index in [1.807, 2.05) is 0 Å². The molecule has 0 bridgehead atoms. The number of aromatic nitrogens is 1. The van der Waals surface area contributed by atoms with Gasteiger partial charge >= 0.3 is 5.97 Å². The summed E-state index contributed by atoms with van der Waals surface area (Å²) in [6.07, 6.45) is 3.24. The Kier molecular flexibility index (Phi) is 9.23. The van der Waals surface area contributed by atoms with E-state index in [2.05, 4.69) is 15.0 Å². The van der Waals surface area contributed by atoms with Crippen LogP contribution >= 0.6 is 22.9 Å². The van der Waals surface area contributed by atoms with Gasteiger partial charge in [0, 0.05) is 22.7 Å².